The van der Waals surface area contributed by atoms with Gasteiger partial charge < -0.3 is 4.90 Å². The van der Waals surface area contributed by atoms with Crippen molar-refractivity contribution in [3.05, 3.63) is 88.6 Å². The number of unbranched alkanes of at least 4 members (excludes halogenated alkanes) is 6. The maximum absolute atomic E-state index is 2.60. The van der Waals surface area contributed by atoms with Gasteiger partial charge in [-0.25, -0.2) is 0 Å². The Balaban J connectivity index is 1.75. The summed E-state index contributed by atoms with van der Waals surface area (Å²) in [6.45, 7) is 9.34. The molecule has 0 saturated heterocycles. The fraction of sp³-hybridized carbons (Fsp3) is 0.529. The summed E-state index contributed by atoms with van der Waals surface area (Å²) in [5.41, 5.74) is 9.16. The summed E-state index contributed by atoms with van der Waals surface area (Å²) in [4.78, 5) is 2.40. The van der Waals surface area contributed by atoms with Crippen LogP contribution in [-0.4, -0.2) is 7.05 Å². The smallest absolute Gasteiger partial charge is 0.0408 e. The van der Waals surface area contributed by atoms with E-state index in [9.17, 15) is 0 Å². The van der Waals surface area contributed by atoms with E-state index in [4.69, 9.17) is 0 Å². The third kappa shape index (κ3) is 5.02. The van der Waals surface area contributed by atoms with Gasteiger partial charge in [0.15, 0.2) is 0 Å². The summed E-state index contributed by atoms with van der Waals surface area (Å²) in [7, 11) is 2.24. The van der Waals surface area contributed by atoms with E-state index in [1.54, 1.807) is 16.7 Å². The van der Waals surface area contributed by atoms with E-state index in [1.165, 1.54) is 81.2 Å². The number of hydrogen-bond donors (Lipinski definition) is 0. The first-order valence-corrected chi connectivity index (χ1v) is 14.3. The van der Waals surface area contributed by atoms with Gasteiger partial charge in [0.25, 0.3) is 0 Å². The van der Waals surface area contributed by atoms with Gasteiger partial charge in [-0.1, -0.05) is 120 Å². The van der Waals surface area contributed by atoms with Crippen LogP contribution in [0.25, 0.3) is 0 Å². The van der Waals surface area contributed by atoms with Crippen molar-refractivity contribution in [3.8, 4) is 0 Å². The monoisotopic (exact) mass is 469 g/mol. The maximum atomic E-state index is 2.60. The van der Waals surface area contributed by atoms with Crippen LogP contribution in [0, 0.1) is 6.92 Å². The Bertz CT molecular complexity index is 1030. The second-order valence-corrected chi connectivity index (χ2v) is 11.4. The van der Waals surface area contributed by atoms with E-state index in [1.807, 2.05) is 0 Å². The van der Waals surface area contributed by atoms with Crippen molar-refractivity contribution >= 4 is 5.69 Å². The molecule has 0 aromatic heterocycles. The average Bonchev–Trinajstić information content (AvgIpc) is 3.09. The van der Waals surface area contributed by atoms with Gasteiger partial charge in [-0.2, -0.15) is 0 Å². The second-order valence-electron chi connectivity index (χ2n) is 11.4. The molecule has 2 aliphatic carbocycles. The van der Waals surface area contributed by atoms with E-state index in [0.29, 0.717) is 0 Å². The molecule has 1 heteroatoms. The Kier molecular flexibility index (Phi) is 8.25. The van der Waals surface area contributed by atoms with Crippen LogP contribution in [0.3, 0.4) is 0 Å². The molecule has 2 aromatic rings. The van der Waals surface area contributed by atoms with Gasteiger partial charge in [-0.3, -0.25) is 0 Å². The van der Waals surface area contributed by atoms with Crippen molar-refractivity contribution in [2.45, 2.75) is 109 Å². The molecule has 0 heterocycles. The molecular formula is C34H47N. The molecular weight excluding hydrogens is 422 g/mol. The predicted octanol–water partition coefficient (Wildman–Crippen LogP) is 9.80. The van der Waals surface area contributed by atoms with E-state index < -0.39 is 0 Å². The van der Waals surface area contributed by atoms with Gasteiger partial charge in [0, 0.05) is 29.3 Å². The van der Waals surface area contributed by atoms with Gasteiger partial charge in [0.2, 0.25) is 0 Å². The Morgan fingerprint density at radius 1 is 0.771 bits per heavy atom. The highest BCUT2D eigenvalue weighted by molar-refractivity contribution is 5.65. The summed E-state index contributed by atoms with van der Waals surface area (Å²) in [5, 5.41) is 0. The van der Waals surface area contributed by atoms with Crippen molar-refractivity contribution < 1.29 is 0 Å². The Morgan fingerprint density at radius 3 is 1.97 bits per heavy atom. The van der Waals surface area contributed by atoms with Crippen LogP contribution in [-0.2, 0) is 10.8 Å². The molecule has 0 aliphatic heterocycles. The highest BCUT2D eigenvalue weighted by Gasteiger charge is 2.53. The summed E-state index contributed by atoms with van der Waals surface area (Å²) in [6, 6.07) is 18.4. The zero-order valence-corrected chi connectivity index (χ0v) is 23.0. The molecule has 0 radical (unpaired) electrons. The van der Waals surface area contributed by atoms with Crippen molar-refractivity contribution in [1.82, 2.24) is 0 Å². The molecule has 2 aromatic carbocycles. The average molecular weight is 470 g/mol. The molecule has 2 aliphatic rings. The van der Waals surface area contributed by atoms with Crippen LogP contribution in [0.2, 0.25) is 0 Å². The van der Waals surface area contributed by atoms with Gasteiger partial charge in [0.05, 0.1) is 0 Å². The quantitative estimate of drug-likeness (QED) is 0.280. The summed E-state index contributed by atoms with van der Waals surface area (Å²) in [6.07, 6.45) is 19.4. The number of fused-ring (bicyclic) bond motifs is 3. The largest absolute Gasteiger partial charge is 0.345 e. The van der Waals surface area contributed by atoms with Crippen molar-refractivity contribution in [2.24, 2.45) is 0 Å². The number of rotatable bonds is 12. The molecule has 0 amide bonds. The fourth-order valence-electron chi connectivity index (χ4n) is 6.75. The number of hydrogen-bond acceptors (Lipinski definition) is 1. The normalized spacial score (nSPS) is 20.1. The van der Waals surface area contributed by atoms with E-state index in [-0.39, 0.29) is 10.8 Å². The van der Waals surface area contributed by atoms with Crippen molar-refractivity contribution in [2.75, 3.05) is 11.9 Å². The van der Waals surface area contributed by atoms with Gasteiger partial charge in [-0.05, 0) is 61.1 Å². The molecule has 35 heavy (non-hydrogen) atoms. The van der Waals surface area contributed by atoms with Crippen LogP contribution >= 0.6 is 0 Å². The molecule has 0 N–H and O–H groups in total. The predicted molar refractivity (Wildman–Crippen MR) is 153 cm³/mol. The molecule has 1 nitrogen and oxygen atoms in total. The Hall–Kier alpha value is -2.28. The van der Waals surface area contributed by atoms with Crippen LogP contribution in [0.1, 0.15) is 108 Å². The number of nitrogens with zero attached hydrogens (tertiary/aromatic N) is 1. The zero-order valence-electron chi connectivity index (χ0n) is 23.0. The third-order valence-corrected chi connectivity index (χ3v) is 8.88. The molecule has 0 saturated carbocycles. The SMILES string of the molecule is CCCCCCC1(CCCCCC)C2=CC(N(C)c3ccc(C)cc3)=CCC2(C)c2ccccc21. The Morgan fingerprint density at radius 2 is 1.37 bits per heavy atom. The summed E-state index contributed by atoms with van der Waals surface area (Å²) >= 11 is 0. The second kappa shape index (κ2) is 11.2. The lowest BCUT2D eigenvalue weighted by Gasteiger charge is -2.40. The maximum Gasteiger partial charge on any atom is 0.0408 e. The first-order valence-electron chi connectivity index (χ1n) is 14.3. The van der Waals surface area contributed by atoms with Crippen LogP contribution in [0.5, 0.6) is 0 Å². The molecule has 0 bridgehead atoms. The standard InChI is InChI=1S/C34H47N/c1-6-8-10-14-23-34(24-15-11-9-7-2)31-17-13-12-16-30(31)33(4)25-22-29(26-32(33)34)35(5)28-20-18-27(3)19-21-28/h12-13,16-22,26H,6-11,14-15,23-25H2,1-5H3. The van der Waals surface area contributed by atoms with Crippen LogP contribution in [0.4, 0.5) is 5.69 Å². The van der Waals surface area contributed by atoms with Gasteiger partial charge >= 0.3 is 0 Å². The number of aryl methyl sites for hydroxylation is 1. The Labute approximate surface area is 215 Å². The minimum absolute atomic E-state index is 0.115. The zero-order chi connectivity index (χ0) is 24.9. The van der Waals surface area contributed by atoms with E-state index in [0.717, 1.165) is 6.42 Å². The summed E-state index contributed by atoms with van der Waals surface area (Å²) in [5.74, 6) is 0. The minimum atomic E-state index is 0.115. The van der Waals surface area contributed by atoms with E-state index in [2.05, 4.69) is 100 Å². The number of anilines is 1. The lowest BCUT2D eigenvalue weighted by Crippen LogP contribution is -2.34. The van der Waals surface area contributed by atoms with Crippen LogP contribution in [0.15, 0.2) is 72.0 Å². The minimum Gasteiger partial charge on any atom is -0.345 e. The molecule has 1 unspecified atom stereocenters. The van der Waals surface area contributed by atoms with Crippen LogP contribution < -0.4 is 4.90 Å². The third-order valence-electron chi connectivity index (χ3n) is 8.88. The molecule has 1 atom stereocenters. The first-order chi connectivity index (χ1) is 17.0. The molecule has 0 spiro atoms. The highest BCUT2D eigenvalue weighted by Crippen LogP contribution is 2.61. The van der Waals surface area contributed by atoms with E-state index >= 15 is 0 Å². The summed E-state index contributed by atoms with van der Waals surface area (Å²) < 4.78 is 0. The first kappa shape index (κ1) is 25.8. The van der Waals surface area contributed by atoms with Crippen molar-refractivity contribution in [1.29, 1.82) is 0 Å². The highest BCUT2D eigenvalue weighted by atomic mass is 15.1. The molecule has 188 valence electrons. The number of benzene rings is 2. The number of allylic oxidation sites excluding steroid dienone is 3. The molecule has 4 rings (SSSR count). The van der Waals surface area contributed by atoms with Gasteiger partial charge in [0.1, 0.15) is 0 Å². The van der Waals surface area contributed by atoms with Crippen molar-refractivity contribution in [3.63, 3.8) is 0 Å². The lowest BCUT2D eigenvalue weighted by molar-refractivity contribution is 0.368. The topological polar surface area (TPSA) is 3.24 Å². The fourth-order valence-corrected chi connectivity index (χ4v) is 6.75. The lowest BCUT2D eigenvalue weighted by atomic mass is 9.64. The number of likely N-dealkylation sites (N-methyl/N-ethyl adjacent to an activating group) is 1. The van der Waals surface area contributed by atoms with Gasteiger partial charge in [-0.15, -0.1) is 0 Å². The molecule has 0 fully saturated rings.